The molecular weight excluding hydrogens is 214 g/mol. The zero-order valence-corrected chi connectivity index (χ0v) is 10.5. The number of hydrogen-bond acceptors (Lipinski definition) is 2. The summed E-state index contributed by atoms with van der Waals surface area (Å²) in [5.74, 6) is 0.224. The van der Waals surface area contributed by atoms with Crippen LogP contribution in [0.3, 0.4) is 0 Å². The number of amides is 1. The van der Waals surface area contributed by atoms with Crippen LogP contribution in [0.4, 0.5) is 5.69 Å². The fourth-order valence-electron chi connectivity index (χ4n) is 2.02. The maximum absolute atomic E-state index is 12.0. The second-order valence-electron chi connectivity index (χ2n) is 4.67. The third-order valence-electron chi connectivity index (χ3n) is 3.37. The Morgan fingerprint density at radius 2 is 1.94 bits per heavy atom. The van der Waals surface area contributed by atoms with Crippen molar-refractivity contribution in [1.29, 1.82) is 0 Å². The molecule has 1 aliphatic heterocycles. The van der Waals surface area contributed by atoms with Gasteiger partial charge in [-0.15, -0.1) is 0 Å². The van der Waals surface area contributed by atoms with Gasteiger partial charge >= 0.3 is 0 Å². The Balaban J connectivity index is 1.99. The Kier molecular flexibility index (Phi) is 3.79. The van der Waals surface area contributed by atoms with Crippen LogP contribution < -0.4 is 5.32 Å². The minimum Gasteiger partial charge on any atom is -0.381 e. The molecule has 2 rings (SSSR count). The molecule has 3 nitrogen and oxygen atoms in total. The van der Waals surface area contributed by atoms with Gasteiger partial charge in [-0.05, 0) is 49.9 Å². The molecule has 0 aromatic heterocycles. The summed E-state index contributed by atoms with van der Waals surface area (Å²) in [5.41, 5.74) is 3.34. The summed E-state index contributed by atoms with van der Waals surface area (Å²) < 4.78 is 5.25. The fraction of sp³-hybridized carbons (Fsp3) is 0.500. The Hall–Kier alpha value is -1.35. The number of nitrogens with one attached hydrogen (secondary N) is 1. The zero-order valence-electron chi connectivity index (χ0n) is 10.5. The lowest BCUT2D eigenvalue weighted by Gasteiger charge is -2.21. The van der Waals surface area contributed by atoms with E-state index >= 15 is 0 Å². The van der Waals surface area contributed by atoms with Gasteiger partial charge in [0.2, 0.25) is 5.91 Å². The van der Waals surface area contributed by atoms with Gasteiger partial charge < -0.3 is 10.1 Å². The van der Waals surface area contributed by atoms with Crippen LogP contribution >= 0.6 is 0 Å². The molecule has 3 heteroatoms. The number of hydrogen-bond donors (Lipinski definition) is 1. The summed E-state index contributed by atoms with van der Waals surface area (Å²) in [6, 6.07) is 6.01. The van der Waals surface area contributed by atoms with Crippen LogP contribution in [-0.4, -0.2) is 19.1 Å². The zero-order chi connectivity index (χ0) is 12.3. The molecule has 0 spiro atoms. The van der Waals surface area contributed by atoms with Crippen molar-refractivity contribution < 1.29 is 9.53 Å². The molecule has 1 aromatic rings. The first-order valence-electron chi connectivity index (χ1n) is 6.12. The van der Waals surface area contributed by atoms with Crippen molar-refractivity contribution in [2.45, 2.75) is 26.7 Å². The maximum Gasteiger partial charge on any atom is 0.227 e. The molecule has 0 atom stereocenters. The molecule has 92 valence electrons. The van der Waals surface area contributed by atoms with Gasteiger partial charge in [0.15, 0.2) is 0 Å². The standard InChI is InChI=1S/C14H19NO2/c1-10-3-4-13(9-11(10)2)15-14(16)12-5-7-17-8-6-12/h3-4,9,12H,5-8H2,1-2H3,(H,15,16). The van der Waals surface area contributed by atoms with Crippen LogP contribution in [-0.2, 0) is 9.53 Å². The second kappa shape index (κ2) is 5.32. The van der Waals surface area contributed by atoms with E-state index in [-0.39, 0.29) is 11.8 Å². The first kappa shape index (κ1) is 12.1. The second-order valence-corrected chi connectivity index (χ2v) is 4.67. The molecule has 1 N–H and O–H groups in total. The molecule has 1 saturated heterocycles. The van der Waals surface area contributed by atoms with E-state index in [0.29, 0.717) is 13.2 Å². The normalized spacial score (nSPS) is 16.8. The van der Waals surface area contributed by atoms with Crippen molar-refractivity contribution in [3.8, 4) is 0 Å². The van der Waals surface area contributed by atoms with Crippen molar-refractivity contribution in [3.63, 3.8) is 0 Å². The van der Waals surface area contributed by atoms with Gasteiger partial charge in [0.1, 0.15) is 0 Å². The van der Waals surface area contributed by atoms with Crippen LogP contribution in [0.15, 0.2) is 18.2 Å². The van der Waals surface area contributed by atoms with E-state index in [1.807, 2.05) is 18.2 Å². The number of ether oxygens (including phenoxy) is 1. The topological polar surface area (TPSA) is 38.3 Å². The van der Waals surface area contributed by atoms with Crippen LogP contribution in [0.5, 0.6) is 0 Å². The first-order chi connectivity index (χ1) is 8.16. The molecule has 1 aliphatic rings. The quantitative estimate of drug-likeness (QED) is 0.852. The number of anilines is 1. The number of rotatable bonds is 2. The summed E-state index contributed by atoms with van der Waals surface area (Å²) in [7, 11) is 0. The molecule has 1 aromatic carbocycles. The highest BCUT2D eigenvalue weighted by Crippen LogP contribution is 2.19. The van der Waals surface area contributed by atoms with Gasteiger partial charge in [-0.2, -0.15) is 0 Å². The third kappa shape index (κ3) is 3.07. The van der Waals surface area contributed by atoms with Crippen molar-refractivity contribution in [1.82, 2.24) is 0 Å². The van der Waals surface area contributed by atoms with Crippen LogP contribution in [0.25, 0.3) is 0 Å². The van der Waals surface area contributed by atoms with Crippen molar-refractivity contribution in [3.05, 3.63) is 29.3 Å². The Morgan fingerprint density at radius 3 is 2.59 bits per heavy atom. The van der Waals surface area contributed by atoms with E-state index in [1.165, 1.54) is 11.1 Å². The molecule has 1 amide bonds. The summed E-state index contributed by atoms with van der Waals surface area (Å²) in [4.78, 5) is 12.0. The van der Waals surface area contributed by atoms with E-state index in [2.05, 4.69) is 19.2 Å². The monoisotopic (exact) mass is 233 g/mol. The van der Waals surface area contributed by atoms with Crippen LogP contribution in [0, 0.1) is 19.8 Å². The minimum atomic E-state index is 0.102. The Morgan fingerprint density at radius 1 is 1.24 bits per heavy atom. The predicted octanol–water partition coefficient (Wildman–Crippen LogP) is 2.67. The smallest absolute Gasteiger partial charge is 0.227 e. The maximum atomic E-state index is 12.0. The lowest BCUT2D eigenvalue weighted by atomic mass is 9.99. The van der Waals surface area contributed by atoms with Gasteiger partial charge in [0, 0.05) is 24.8 Å². The predicted molar refractivity (Wildman–Crippen MR) is 68.1 cm³/mol. The van der Waals surface area contributed by atoms with Gasteiger partial charge in [-0.1, -0.05) is 6.07 Å². The van der Waals surface area contributed by atoms with Crippen LogP contribution in [0.1, 0.15) is 24.0 Å². The van der Waals surface area contributed by atoms with E-state index in [0.717, 1.165) is 18.5 Å². The number of aryl methyl sites for hydroxylation is 2. The highest BCUT2D eigenvalue weighted by molar-refractivity contribution is 5.92. The molecule has 1 fully saturated rings. The minimum absolute atomic E-state index is 0.102. The first-order valence-corrected chi connectivity index (χ1v) is 6.12. The fourth-order valence-corrected chi connectivity index (χ4v) is 2.02. The number of carbonyl (C=O) groups is 1. The average Bonchev–Trinajstić information content (AvgIpc) is 2.35. The van der Waals surface area contributed by atoms with Crippen molar-refractivity contribution in [2.24, 2.45) is 5.92 Å². The van der Waals surface area contributed by atoms with E-state index in [9.17, 15) is 4.79 Å². The summed E-state index contributed by atoms with van der Waals surface area (Å²) in [6.45, 7) is 5.52. The Bertz CT molecular complexity index is 409. The van der Waals surface area contributed by atoms with Gasteiger partial charge in [-0.25, -0.2) is 0 Å². The van der Waals surface area contributed by atoms with E-state index in [4.69, 9.17) is 4.74 Å². The molecule has 0 unspecified atom stereocenters. The third-order valence-corrected chi connectivity index (χ3v) is 3.37. The molecule has 0 saturated carbocycles. The van der Waals surface area contributed by atoms with Crippen molar-refractivity contribution in [2.75, 3.05) is 18.5 Å². The molecule has 0 bridgehead atoms. The Labute approximate surface area is 102 Å². The summed E-state index contributed by atoms with van der Waals surface area (Å²) >= 11 is 0. The molecule has 0 radical (unpaired) electrons. The average molecular weight is 233 g/mol. The lowest BCUT2D eigenvalue weighted by molar-refractivity contribution is -0.122. The number of carbonyl (C=O) groups excluding carboxylic acids is 1. The molecular formula is C14H19NO2. The lowest BCUT2D eigenvalue weighted by Crippen LogP contribution is -2.28. The van der Waals surface area contributed by atoms with E-state index in [1.54, 1.807) is 0 Å². The van der Waals surface area contributed by atoms with Crippen molar-refractivity contribution >= 4 is 11.6 Å². The highest BCUT2D eigenvalue weighted by atomic mass is 16.5. The summed E-state index contributed by atoms with van der Waals surface area (Å²) in [5, 5.41) is 2.99. The molecule has 17 heavy (non-hydrogen) atoms. The SMILES string of the molecule is Cc1ccc(NC(=O)C2CCOCC2)cc1C. The molecule has 0 aliphatic carbocycles. The molecule has 1 heterocycles. The van der Waals surface area contributed by atoms with Gasteiger partial charge in [-0.3, -0.25) is 4.79 Å². The highest BCUT2D eigenvalue weighted by Gasteiger charge is 2.21. The largest absolute Gasteiger partial charge is 0.381 e. The van der Waals surface area contributed by atoms with Gasteiger partial charge in [0.25, 0.3) is 0 Å². The number of benzene rings is 1. The van der Waals surface area contributed by atoms with Gasteiger partial charge in [0.05, 0.1) is 0 Å². The van der Waals surface area contributed by atoms with Crippen LogP contribution in [0.2, 0.25) is 0 Å². The van der Waals surface area contributed by atoms with E-state index < -0.39 is 0 Å². The summed E-state index contributed by atoms with van der Waals surface area (Å²) in [6.07, 6.45) is 1.66.